The van der Waals surface area contributed by atoms with Crippen molar-refractivity contribution in [3.05, 3.63) is 65.7 Å². The standard InChI is InChI=1S/C16H16N4O3/c17-14-9-5-4-8-13(14)16(22)20-19-15(21)11-23-18-10-12-6-2-1-3-7-12/h1-10H,11,17H2,(H,19,21)(H,20,22)/b18-10+. The van der Waals surface area contributed by atoms with E-state index in [4.69, 9.17) is 10.6 Å². The number of amides is 2. The van der Waals surface area contributed by atoms with Crippen molar-refractivity contribution in [2.24, 2.45) is 5.16 Å². The molecule has 118 valence electrons. The third kappa shape index (κ3) is 5.16. The van der Waals surface area contributed by atoms with E-state index >= 15 is 0 Å². The molecule has 0 aliphatic heterocycles. The Morgan fingerprint density at radius 3 is 2.48 bits per heavy atom. The first-order valence-corrected chi connectivity index (χ1v) is 6.81. The van der Waals surface area contributed by atoms with Crippen molar-refractivity contribution in [1.82, 2.24) is 10.9 Å². The first kappa shape index (κ1) is 16.0. The van der Waals surface area contributed by atoms with Crippen molar-refractivity contribution in [2.75, 3.05) is 12.3 Å². The SMILES string of the molecule is Nc1ccccc1C(=O)NNC(=O)CO/N=C/c1ccccc1. The smallest absolute Gasteiger partial charge is 0.279 e. The van der Waals surface area contributed by atoms with Gasteiger partial charge in [-0.2, -0.15) is 0 Å². The molecule has 0 aliphatic rings. The quantitative estimate of drug-likeness (QED) is 0.436. The van der Waals surface area contributed by atoms with Crippen LogP contribution in [-0.4, -0.2) is 24.6 Å². The van der Waals surface area contributed by atoms with Crippen molar-refractivity contribution >= 4 is 23.7 Å². The minimum absolute atomic E-state index is 0.274. The van der Waals surface area contributed by atoms with Gasteiger partial charge in [0, 0.05) is 5.69 Å². The largest absolute Gasteiger partial charge is 0.398 e. The molecule has 7 nitrogen and oxygen atoms in total. The molecule has 2 aromatic rings. The van der Waals surface area contributed by atoms with Crippen LogP contribution in [0.2, 0.25) is 0 Å². The Hall–Kier alpha value is -3.35. The number of carbonyl (C=O) groups is 2. The van der Waals surface area contributed by atoms with Crippen LogP contribution in [-0.2, 0) is 9.63 Å². The van der Waals surface area contributed by atoms with E-state index < -0.39 is 11.8 Å². The number of para-hydroxylation sites is 1. The summed E-state index contributed by atoms with van der Waals surface area (Å²) in [6, 6.07) is 15.8. The highest BCUT2D eigenvalue weighted by Crippen LogP contribution is 2.09. The average molecular weight is 312 g/mol. The van der Waals surface area contributed by atoms with Gasteiger partial charge in [-0.15, -0.1) is 0 Å². The van der Waals surface area contributed by atoms with E-state index in [1.165, 1.54) is 6.21 Å². The molecule has 2 rings (SSSR count). The van der Waals surface area contributed by atoms with Crippen LogP contribution >= 0.6 is 0 Å². The second-order valence-corrected chi connectivity index (χ2v) is 4.51. The molecular weight excluding hydrogens is 296 g/mol. The predicted molar refractivity (Wildman–Crippen MR) is 86.5 cm³/mol. The van der Waals surface area contributed by atoms with Gasteiger partial charge in [0.15, 0.2) is 6.61 Å². The number of hydrogen-bond acceptors (Lipinski definition) is 5. The fourth-order valence-electron chi connectivity index (χ4n) is 1.67. The van der Waals surface area contributed by atoms with Crippen molar-refractivity contribution in [3.8, 4) is 0 Å². The van der Waals surface area contributed by atoms with Crippen molar-refractivity contribution in [1.29, 1.82) is 0 Å². The summed E-state index contributed by atoms with van der Waals surface area (Å²) in [6.45, 7) is -0.326. The summed E-state index contributed by atoms with van der Waals surface area (Å²) in [5.41, 5.74) is 11.6. The van der Waals surface area contributed by atoms with E-state index in [-0.39, 0.29) is 12.2 Å². The van der Waals surface area contributed by atoms with Gasteiger partial charge in [0.05, 0.1) is 11.8 Å². The highest BCUT2D eigenvalue weighted by atomic mass is 16.6. The zero-order chi connectivity index (χ0) is 16.5. The second kappa shape index (κ2) is 8.18. The van der Waals surface area contributed by atoms with Crippen LogP contribution in [0.5, 0.6) is 0 Å². The highest BCUT2D eigenvalue weighted by molar-refractivity contribution is 5.99. The second-order valence-electron chi connectivity index (χ2n) is 4.51. The summed E-state index contributed by atoms with van der Waals surface area (Å²) >= 11 is 0. The summed E-state index contributed by atoms with van der Waals surface area (Å²) < 4.78 is 0. The summed E-state index contributed by atoms with van der Waals surface area (Å²) in [7, 11) is 0. The molecule has 0 radical (unpaired) electrons. The molecule has 0 atom stereocenters. The van der Waals surface area contributed by atoms with Crippen molar-refractivity contribution < 1.29 is 14.4 Å². The Balaban J connectivity index is 1.72. The van der Waals surface area contributed by atoms with Crippen molar-refractivity contribution in [3.63, 3.8) is 0 Å². The van der Waals surface area contributed by atoms with E-state index in [9.17, 15) is 9.59 Å². The molecule has 0 aliphatic carbocycles. The van der Waals surface area contributed by atoms with E-state index in [2.05, 4.69) is 16.0 Å². The number of hydrogen-bond donors (Lipinski definition) is 3. The van der Waals surface area contributed by atoms with E-state index in [0.717, 1.165) is 5.56 Å². The molecule has 0 saturated heterocycles. The third-order valence-electron chi connectivity index (χ3n) is 2.79. The number of nitrogen functional groups attached to an aromatic ring is 1. The van der Waals surface area contributed by atoms with Gasteiger partial charge in [0.1, 0.15) is 0 Å². The minimum Gasteiger partial charge on any atom is -0.398 e. The maximum absolute atomic E-state index is 11.8. The van der Waals surface area contributed by atoms with Crippen LogP contribution in [0.4, 0.5) is 5.69 Å². The Bertz CT molecular complexity index is 701. The summed E-state index contributed by atoms with van der Waals surface area (Å²) in [5, 5.41) is 3.66. The predicted octanol–water partition coefficient (Wildman–Crippen LogP) is 1.08. The van der Waals surface area contributed by atoms with Crippen LogP contribution < -0.4 is 16.6 Å². The van der Waals surface area contributed by atoms with E-state index in [0.29, 0.717) is 5.69 Å². The molecule has 0 spiro atoms. The lowest BCUT2D eigenvalue weighted by molar-refractivity contribution is -0.126. The van der Waals surface area contributed by atoms with Gasteiger partial charge in [-0.25, -0.2) is 0 Å². The number of anilines is 1. The molecule has 0 saturated carbocycles. The van der Waals surface area contributed by atoms with Gasteiger partial charge >= 0.3 is 0 Å². The summed E-state index contributed by atoms with van der Waals surface area (Å²) in [4.78, 5) is 28.2. The average Bonchev–Trinajstić information content (AvgIpc) is 2.58. The summed E-state index contributed by atoms with van der Waals surface area (Å²) in [6.07, 6.45) is 1.48. The molecule has 0 bridgehead atoms. The number of nitrogens with two attached hydrogens (primary N) is 1. The molecule has 0 unspecified atom stereocenters. The van der Waals surface area contributed by atoms with Crippen LogP contribution in [0.15, 0.2) is 59.8 Å². The van der Waals surface area contributed by atoms with Crippen LogP contribution in [0, 0.1) is 0 Å². The minimum atomic E-state index is -0.543. The number of rotatable bonds is 5. The Morgan fingerprint density at radius 1 is 1.04 bits per heavy atom. The first-order valence-electron chi connectivity index (χ1n) is 6.81. The number of oxime groups is 1. The maximum atomic E-state index is 11.8. The molecular formula is C16H16N4O3. The fourth-order valence-corrected chi connectivity index (χ4v) is 1.67. The number of benzene rings is 2. The number of hydrazine groups is 1. The number of nitrogens with zero attached hydrogens (tertiary/aromatic N) is 1. The molecule has 2 amide bonds. The van der Waals surface area contributed by atoms with Gasteiger partial charge in [-0.3, -0.25) is 20.4 Å². The fraction of sp³-hybridized carbons (Fsp3) is 0.0625. The topological polar surface area (TPSA) is 106 Å². The maximum Gasteiger partial charge on any atom is 0.279 e. The van der Waals surface area contributed by atoms with Gasteiger partial charge in [-0.1, -0.05) is 47.6 Å². The van der Waals surface area contributed by atoms with Gasteiger partial charge < -0.3 is 10.6 Å². The zero-order valence-corrected chi connectivity index (χ0v) is 12.2. The molecule has 7 heteroatoms. The molecule has 0 fully saturated rings. The molecule has 4 N–H and O–H groups in total. The Morgan fingerprint density at radius 2 is 1.74 bits per heavy atom. The Kier molecular flexibility index (Phi) is 5.70. The van der Waals surface area contributed by atoms with Crippen LogP contribution in [0.1, 0.15) is 15.9 Å². The number of nitrogens with one attached hydrogen (secondary N) is 2. The molecule has 2 aromatic carbocycles. The lowest BCUT2D eigenvalue weighted by atomic mass is 10.2. The zero-order valence-electron chi connectivity index (χ0n) is 12.2. The monoisotopic (exact) mass is 312 g/mol. The van der Waals surface area contributed by atoms with E-state index in [1.54, 1.807) is 24.3 Å². The van der Waals surface area contributed by atoms with E-state index in [1.807, 2.05) is 30.3 Å². The number of carbonyl (C=O) groups excluding carboxylic acids is 2. The highest BCUT2D eigenvalue weighted by Gasteiger charge is 2.09. The summed E-state index contributed by atoms with van der Waals surface area (Å²) in [5.74, 6) is -1.05. The molecule has 0 heterocycles. The third-order valence-corrected chi connectivity index (χ3v) is 2.79. The normalized spacial score (nSPS) is 10.3. The van der Waals surface area contributed by atoms with Crippen LogP contribution in [0.25, 0.3) is 0 Å². The Labute approximate surface area is 133 Å². The lowest BCUT2D eigenvalue weighted by Gasteiger charge is -2.08. The molecule has 23 heavy (non-hydrogen) atoms. The van der Waals surface area contributed by atoms with Crippen LogP contribution in [0.3, 0.4) is 0 Å². The van der Waals surface area contributed by atoms with Crippen molar-refractivity contribution in [2.45, 2.75) is 0 Å². The lowest BCUT2D eigenvalue weighted by Crippen LogP contribution is -2.43. The van der Waals surface area contributed by atoms with Gasteiger partial charge in [-0.05, 0) is 17.7 Å². The first-order chi connectivity index (χ1) is 11.2. The van der Waals surface area contributed by atoms with Gasteiger partial charge in [0.25, 0.3) is 11.8 Å². The van der Waals surface area contributed by atoms with Gasteiger partial charge in [0.2, 0.25) is 0 Å². The molecule has 0 aromatic heterocycles.